The molecule has 3 nitrogen and oxygen atoms in total. The van der Waals surface area contributed by atoms with E-state index in [0.29, 0.717) is 16.4 Å². The molecule has 0 aromatic carbocycles. The van der Waals surface area contributed by atoms with Crippen molar-refractivity contribution >= 4 is 39.7 Å². The van der Waals surface area contributed by atoms with Crippen LogP contribution in [-0.4, -0.2) is 16.2 Å². The van der Waals surface area contributed by atoms with E-state index in [0.717, 1.165) is 30.6 Å². The Balaban J connectivity index is 2.40. The molecule has 0 aliphatic carbocycles. The average Bonchev–Trinajstić information content (AvgIpc) is 2.45. The topological polar surface area (TPSA) is 37.3 Å². The van der Waals surface area contributed by atoms with Gasteiger partial charge in [-0.1, -0.05) is 43.5 Å². The quantitative estimate of drug-likeness (QED) is 0.823. The Hall–Kier alpha value is -0.800. The van der Waals surface area contributed by atoms with Crippen LogP contribution in [0, 0.1) is 5.92 Å². The van der Waals surface area contributed by atoms with E-state index in [4.69, 9.17) is 23.2 Å². The van der Waals surface area contributed by atoms with Crippen molar-refractivity contribution in [3.63, 3.8) is 0 Å². The Morgan fingerprint density at radius 1 is 1.33 bits per heavy atom. The zero-order valence-electron chi connectivity index (χ0n) is 10.6. The van der Waals surface area contributed by atoms with Crippen molar-refractivity contribution in [3.05, 3.63) is 17.4 Å². The number of halogens is 2. The minimum absolute atomic E-state index is 0.248. The van der Waals surface area contributed by atoms with E-state index in [1.165, 1.54) is 0 Å². The van der Waals surface area contributed by atoms with Crippen molar-refractivity contribution in [2.45, 2.75) is 39.2 Å². The maximum Gasteiger partial charge on any atom is 0.131 e. The molecule has 1 aliphatic rings. The van der Waals surface area contributed by atoms with E-state index in [2.05, 4.69) is 29.1 Å². The molecule has 0 bridgehead atoms. The molecule has 2 heterocycles. The van der Waals surface area contributed by atoms with E-state index in [9.17, 15) is 0 Å². The number of aromatic nitrogens is 1. The van der Waals surface area contributed by atoms with Crippen LogP contribution in [-0.2, 0) is 0 Å². The smallest absolute Gasteiger partial charge is 0.131 e. The summed E-state index contributed by atoms with van der Waals surface area (Å²) in [6.07, 6.45) is 4.79. The van der Waals surface area contributed by atoms with Crippen LogP contribution in [0.4, 0.5) is 11.4 Å². The summed E-state index contributed by atoms with van der Waals surface area (Å²) in [7, 11) is 0. The Morgan fingerprint density at radius 2 is 2.11 bits per heavy atom. The monoisotopic (exact) mass is 285 g/mol. The Morgan fingerprint density at radius 3 is 2.78 bits per heavy atom. The van der Waals surface area contributed by atoms with Crippen molar-refractivity contribution in [1.29, 1.82) is 0 Å². The fraction of sp³-hybridized carbons (Fsp3) is 0.538. The number of anilines is 1. The minimum Gasteiger partial charge on any atom is -0.380 e. The van der Waals surface area contributed by atoms with Gasteiger partial charge in [-0.15, -0.1) is 0 Å². The van der Waals surface area contributed by atoms with Crippen molar-refractivity contribution in [2.75, 3.05) is 5.32 Å². The predicted octanol–water partition coefficient (Wildman–Crippen LogP) is 4.62. The molecule has 18 heavy (non-hydrogen) atoms. The number of rotatable bonds is 3. The second-order valence-electron chi connectivity index (χ2n) is 4.51. The van der Waals surface area contributed by atoms with Gasteiger partial charge in [-0.3, -0.25) is 0 Å². The molecular formula is C13H17Cl2N3. The molecule has 1 N–H and O–H groups in total. The zero-order chi connectivity index (χ0) is 13.1. The number of nitrogens with one attached hydrogen (secondary N) is 1. The molecule has 1 aromatic heterocycles. The van der Waals surface area contributed by atoms with Gasteiger partial charge in [0.1, 0.15) is 16.0 Å². The molecule has 0 amide bonds. The van der Waals surface area contributed by atoms with Gasteiger partial charge in [0, 0.05) is 18.0 Å². The van der Waals surface area contributed by atoms with Gasteiger partial charge in [0.2, 0.25) is 0 Å². The highest BCUT2D eigenvalue weighted by Gasteiger charge is 2.27. The maximum atomic E-state index is 6.33. The van der Waals surface area contributed by atoms with E-state index in [-0.39, 0.29) is 5.92 Å². The van der Waals surface area contributed by atoms with Crippen molar-refractivity contribution in [2.24, 2.45) is 10.9 Å². The molecule has 1 aromatic rings. The molecule has 98 valence electrons. The Bertz CT molecular complexity index is 460. The largest absolute Gasteiger partial charge is 0.380 e. The van der Waals surface area contributed by atoms with E-state index in [1.807, 2.05) is 6.07 Å². The molecule has 0 spiro atoms. The SMILES string of the molecule is CCCC1Nc2cc(Cl)ncc2N=C(Cl)C1CC. The van der Waals surface area contributed by atoms with Gasteiger partial charge in [0.05, 0.1) is 11.9 Å². The fourth-order valence-corrected chi connectivity index (χ4v) is 2.88. The summed E-state index contributed by atoms with van der Waals surface area (Å²) in [5.74, 6) is 0.248. The van der Waals surface area contributed by atoms with Gasteiger partial charge in [-0.2, -0.15) is 0 Å². The van der Waals surface area contributed by atoms with Crippen molar-refractivity contribution < 1.29 is 0 Å². The molecule has 2 atom stereocenters. The molecular weight excluding hydrogens is 269 g/mol. The lowest BCUT2D eigenvalue weighted by molar-refractivity contribution is 0.515. The molecule has 2 rings (SSSR count). The summed E-state index contributed by atoms with van der Waals surface area (Å²) in [5.41, 5.74) is 1.68. The van der Waals surface area contributed by atoms with Crippen LogP contribution in [0.5, 0.6) is 0 Å². The van der Waals surface area contributed by atoms with Crippen LogP contribution in [0.2, 0.25) is 5.15 Å². The first-order valence-corrected chi connectivity index (χ1v) is 7.07. The van der Waals surface area contributed by atoms with Gasteiger partial charge >= 0.3 is 0 Å². The highest BCUT2D eigenvalue weighted by Crippen LogP contribution is 2.34. The first-order valence-electron chi connectivity index (χ1n) is 6.31. The first-order chi connectivity index (χ1) is 8.65. The molecule has 1 aliphatic heterocycles. The molecule has 0 radical (unpaired) electrons. The molecule has 0 saturated carbocycles. The number of nitrogens with zero attached hydrogens (tertiary/aromatic N) is 2. The summed E-state index contributed by atoms with van der Waals surface area (Å²) in [6.45, 7) is 4.30. The van der Waals surface area contributed by atoms with E-state index < -0.39 is 0 Å². The summed E-state index contributed by atoms with van der Waals surface area (Å²) in [4.78, 5) is 8.51. The summed E-state index contributed by atoms with van der Waals surface area (Å²) in [5, 5.41) is 4.64. The van der Waals surface area contributed by atoms with Gasteiger partial charge in [0.15, 0.2) is 0 Å². The summed E-state index contributed by atoms with van der Waals surface area (Å²) >= 11 is 12.3. The predicted molar refractivity (Wildman–Crippen MR) is 78.3 cm³/mol. The van der Waals surface area contributed by atoms with Crippen molar-refractivity contribution in [1.82, 2.24) is 4.98 Å². The first kappa shape index (κ1) is 13.6. The second-order valence-corrected chi connectivity index (χ2v) is 5.29. The van der Waals surface area contributed by atoms with Crippen molar-refractivity contribution in [3.8, 4) is 0 Å². The van der Waals surface area contributed by atoms with Crippen LogP contribution in [0.25, 0.3) is 0 Å². The molecule has 0 fully saturated rings. The van der Waals surface area contributed by atoms with Gasteiger partial charge in [-0.25, -0.2) is 9.98 Å². The minimum atomic E-state index is 0.248. The average molecular weight is 286 g/mol. The lowest BCUT2D eigenvalue weighted by Gasteiger charge is -2.24. The zero-order valence-corrected chi connectivity index (χ0v) is 12.1. The fourth-order valence-electron chi connectivity index (χ4n) is 2.33. The lowest BCUT2D eigenvalue weighted by Crippen LogP contribution is -2.31. The van der Waals surface area contributed by atoms with Gasteiger partial charge in [0.25, 0.3) is 0 Å². The maximum absolute atomic E-state index is 6.33. The normalized spacial score (nSPS) is 22.8. The number of hydrogen-bond donors (Lipinski definition) is 1. The number of aliphatic imine (C=N–C) groups is 1. The van der Waals surface area contributed by atoms with Crippen LogP contribution in [0.1, 0.15) is 33.1 Å². The third-order valence-corrected chi connectivity index (χ3v) is 3.82. The van der Waals surface area contributed by atoms with Crippen LogP contribution >= 0.6 is 23.2 Å². The Kier molecular flexibility index (Phi) is 4.46. The standard InChI is InChI=1S/C13H17Cl2N3/c1-3-5-9-8(4-2)13(15)18-11-7-16-12(14)6-10(11)17-9/h6-9,17H,3-5H2,1-2H3. The molecule has 0 saturated heterocycles. The van der Waals surface area contributed by atoms with Crippen LogP contribution in [0.15, 0.2) is 17.3 Å². The van der Waals surface area contributed by atoms with Crippen LogP contribution < -0.4 is 5.32 Å². The summed E-state index contributed by atoms with van der Waals surface area (Å²) in [6, 6.07) is 2.11. The Labute approximate surface area is 118 Å². The second kappa shape index (κ2) is 5.89. The molecule has 5 heteroatoms. The molecule has 2 unspecified atom stereocenters. The number of pyridine rings is 1. The van der Waals surface area contributed by atoms with Gasteiger partial charge in [-0.05, 0) is 12.8 Å². The third-order valence-electron chi connectivity index (χ3n) is 3.25. The van der Waals surface area contributed by atoms with Crippen LogP contribution in [0.3, 0.4) is 0 Å². The third kappa shape index (κ3) is 2.78. The summed E-state index contributed by atoms with van der Waals surface area (Å²) < 4.78 is 0. The highest BCUT2D eigenvalue weighted by molar-refractivity contribution is 6.66. The number of fused-ring (bicyclic) bond motifs is 1. The van der Waals surface area contributed by atoms with E-state index >= 15 is 0 Å². The number of hydrogen-bond acceptors (Lipinski definition) is 3. The van der Waals surface area contributed by atoms with E-state index in [1.54, 1.807) is 6.20 Å². The lowest BCUT2D eigenvalue weighted by atomic mass is 9.94. The highest BCUT2D eigenvalue weighted by atomic mass is 35.5. The van der Waals surface area contributed by atoms with Gasteiger partial charge < -0.3 is 5.32 Å².